The Labute approximate surface area is 231 Å². The van der Waals surface area contributed by atoms with Crippen LogP contribution in [0.5, 0.6) is 0 Å². The summed E-state index contributed by atoms with van der Waals surface area (Å²) in [6, 6.07) is 11.6. The number of piperazine rings is 1. The molecule has 0 unspecified atom stereocenters. The fraction of sp³-hybridized carbons (Fsp3) is 0.429. The normalized spacial score (nSPS) is 13.7. The maximum Gasteiger partial charge on any atom is 0.272 e. The van der Waals surface area contributed by atoms with Crippen molar-refractivity contribution < 1.29 is 23.5 Å². The van der Waals surface area contributed by atoms with Gasteiger partial charge in [0, 0.05) is 51.1 Å². The van der Waals surface area contributed by atoms with Crippen LogP contribution in [0.15, 0.2) is 47.3 Å². The molecule has 2 aromatic carbocycles. The van der Waals surface area contributed by atoms with Gasteiger partial charge in [-0.15, -0.1) is 0 Å². The molecule has 0 saturated carbocycles. The Kier molecular flexibility index (Phi) is 10.7. The highest BCUT2D eigenvalue weighted by Crippen LogP contribution is 2.20. The zero-order valence-corrected chi connectivity index (χ0v) is 22.4. The Hall–Kier alpha value is -3.71. The molecule has 3 aromatic rings. The van der Waals surface area contributed by atoms with Gasteiger partial charge in [-0.2, -0.15) is 5.10 Å². The van der Waals surface area contributed by atoms with Gasteiger partial charge in [-0.05, 0) is 23.8 Å². The number of nitrogens with two attached hydrogens (primary N) is 1. The van der Waals surface area contributed by atoms with E-state index in [0.29, 0.717) is 94.1 Å². The topological polar surface area (TPSA) is 143 Å². The van der Waals surface area contributed by atoms with Crippen LogP contribution in [0.3, 0.4) is 0 Å². The van der Waals surface area contributed by atoms with Crippen LogP contribution < -0.4 is 16.6 Å². The highest BCUT2D eigenvalue weighted by molar-refractivity contribution is 5.95. The number of hydrogen-bond acceptors (Lipinski definition) is 8. The third kappa shape index (κ3) is 7.69. The molecular formula is C28H35FN6O5. The van der Waals surface area contributed by atoms with Gasteiger partial charge in [0.15, 0.2) is 0 Å². The predicted molar refractivity (Wildman–Crippen MR) is 148 cm³/mol. The summed E-state index contributed by atoms with van der Waals surface area (Å²) in [6.07, 6.45) is 0.320. The number of benzene rings is 2. The fourth-order valence-corrected chi connectivity index (χ4v) is 4.53. The number of aromatic nitrogens is 2. The molecule has 1 saturated heterocycles. The van der Waals surface area contributed by atoms with Gasteiger partial charge in [-0.1, -0.05) is 24.3 Å². The largest absolute Gasteiger partial charge is 0.378 e. The van der Waals surface area contributed by atoms with E-state index in [9.17, 15) is 18.8 Å². The number of nitrogens with one attached hydrogen (secondary N) is 2. The van der Waals surface area contributed by atoms with E-state index in [2.05, 4.69) is 15.5 Å². The van der Waals surface area contributed by atoms with Crippen LogP contribution in [0, 0.1) is 5.82 Å². The van der Waals surface area contributed by atoms with Gasteiger partial charge >= 0.3 is 0 Å². The van der Waals surface area contributed by atoms with E-state index < -0.39 is 11.7 Å². The number of carbonyl (C=O) groups excluding carboxylic acids is 2. The van der Waals surface area contributed by atoms with Crippen LogP contribution in [-0.2, 0) is 20.7 Å². The second-order valence-electron chi connectivity index (χ2n) is 9.40. The molecule has 0 aliphatic carbocycles. The Bertz CT molecular complexity index is 1360. The number of nitrogens with zero attached hydrogens (tertiary/aromatic N) is 3. The summed E-state index contributed by atoms with van der Waals surface area (Å²) in [7, 11) is 0. The molecule has 214 valence electrons. The molecule has 0 bridgehead atoms. The van der Waals surface area contributed by atoms with Crippen LogP contribution in [0.4, 0.5) is 4.39 Å². The first-order valence-corrected chi connectivity index (χ1v) is 13.4. The minimum absolute atomic E-state index is 0.0268. The number of halogens is 1. The van der Waals surface area contributed by atoms with Crippen LogP contribution in [0.25, 0.3) is 10.8 Å². The third-order valence-corrected chi connectivity index (χ3v) is 6.66. The zero-order chi connectivity index (χ0) is 28.3. The predicted octanol–water partition coefficient (Wildman–Crippen LogP) is 0.519. The average molecular weight is 555 g/mol. The Morgan fingerprint density at radius 3 is 2.42 bits per heavy atom. The van der Waals surface area contributed by atoms with Crippen molar-refractivity contribution in [3.63, 3.8) is 0 Å². The van der Waals surface area contributed by atoms with E-state index in [1.54, 1.807) is 28.0 Å². The minimum Gasteiger partial charge on any atom is -0.378 e. The number of aromatic amines is 1. The lowest BCUT2D eigenvalue weighted by Gasteiger charge is -2.35. The second kappa shape index (κ2) is 14.6. The van der Waals surface area contributed by atoms with Crippen molar-refractivity contribution in [3.8, 4) is 0 Å². The van der Waals surface area contributed by atoms with Crippen molar-refractivity contribution in [1.82, 2.24) is 25.3 Å². The fourth-order valence-electron chi connectivity index (χ4n) is 4.53. The van der Waals surface area contributed by atoms with Crippen molar-refractivity contribution in [2.45, 2.75) is 6.42 Å². The molecule has 1 aliphatic heterocycles. The molecule has 2 heterocycles. The second-order valence-corrected chi connectivity index (χ2v) is 9.40. The Morgan fingerprint density at radius 1 is 0.975 bits per heavy atom. The first kappa shape index (κ1) is 29.3. The van der Waals surface area contributed by atoms with Crippen LogP contribution >= 0.6 is 0 Å². The summed E-state index contributed by atoms with van der Waals surface area (Å²) in [5, 5.41) is 11.0. The van der Waals surface area contributed by atoms with Gasteiger partial charge in [0.1, 0.15) is 5.82 Å². The quantitative estimate of drug-likeness (QED) is 0.260. The van der Waals surface area contributed by atoms with Crippen molar-refractivity contribution in [1.29, 1.82) is 0 Å². The number of rotatable bonds is 13. The smallest absolute Gasteiger partial charge is 0.272 e. The van der Waals surface area contributed by atoms with Gasteiger partial charge in [-0.3, -0.25) is 14.4 Å². The summed E-state index contributed by atoms with van der Waals surface area (Å²) < 4.78 is 25.4. The molecule has 11 nitrogen and oxygen atoms in total. The highest BCUT2D eigenvalue weighted by Gasteiger charge is 2.26. The van der Waals surface area contributed by atoms with Gasteiger partial charge in [0.2, 0.25) is 5.91 Å². The summed E-state index contributed by atoms with van der Waals surface area (Å²) >= 11 is 0. The summed E-state index contributed by atoms with van der Waals surface area (Å²) in [5.41, 5.74) is 6.36. The van der Waals surface area contributed by atoms with E-state index in [0.717, 1.165) is 0 Å². The van der Waals surface area contributed by atoms with Crippen molar-refractivity contribution in [2.75, 3.05) is 72.2 Å². The summed E-state index contributed by atoms with van der Waals surface area (Å²) in [5.74, 6) is -1.09. The van der Waals surface area contributed by atoms with Crippen LogP contribution in [-0.4, -0.2) is 104 Å². The molecule has 1 fully saturated rings. The molecule has 1 aromatic heterocycles. The lowest BCUT2D eigenvalue weighted by molar-refractivity contribution is -0.131. The van der Waals surface area contributed by atoms with Gasteiger partial charge in [0.25, 0.3) is 11.5 Å². The molecule has 4 rings (SSSR count). The van der Waals surface area contributed by atoms with Gasteiger partial charge < -0.3 is 30.3 Å². The summed E-state index contributed by atoms with van der Waals surface area (Å²) in [4.78, 5) is 41.1. The molecule has 0 spiro atoms. The lowest BCUT2D eigenvalue weighted by atomic mass is 10.0. The third-order valence-electron chi connectivity index (χ3n) is 6.66. The molecule has 1 aliphatic rings. The number of ether oxygens (including phenoxy) is 2. The lowest BCUT2D eigenvalue weighted by Crippen LogP contribution is -2.52. The van der Waals surface area contributed by atoms with Gasteiger partial charge in [0.05, 0.1) is 49.6 Å². The number of carbonyl (C=O) groups is 2. The minimum atomic E-state index is -0.607. The highest BCUT2D eigenvalue weighted by atomic mass is 19.1. The molecule has 0 radical (unpaired) electrons. The van der Waals surface area contributed by atoms with E-state index in [1.165, 1.54) is 12.1 Å². The van der Waals surface area contributed by atoms with E-state index >= 15 is 0 Å². The SMILES string of the molecule is NCCOCCOCCNCC(=O)N1CCN(C(=O)c2cc(Cc3n[nH]c(=O)c4ccccc34)ccc2F)CC1. The zero-order valence-electron chi connectivity index (χ0n) is 22.4. The molecular weight excluding hydrogens is 519 g/mol. The van der Waals surface area contributed by atoms with Crippen molar-refractivity contribution >= 4 is 22.6 Å². The number of hydrogen-bond donors (Lipinski definition) is 3. The van der Waals surface area contributed by atoms with E-state index in [-0.39, 0.29) is 23.6 Å². The molecule has 12 heteroatoms. The van der Waals surface area contributed by atoms with Gasteiger partial charge in [-0.25, -0.2) is 9.49 Å². The standard InChI is InChI=1S/C28H35FN6O5/c29-24-6-5-20(18-25-21-3-1-2-4-22(21)27(37)33-32-25)17-23(24)28(38)35-11-9-34(10-12-35)26(36)19-31-8-14-40-16-15-39-13-7-30/h1-6,17,31H,7-16,18-19,30H2,(H,33,37). The Morgan fingerprint density at radius 2 is 1.68 bits per heavy atom. The molecule has 4 N–H and O–H groups in total. The maximum atomic E-state index is 14.7. The van der Waals surface area contributed by atoms with Crippen LogP contribution in [0.2, 0.25) is 0 Å². The van der Waals surface area contributed by atoms with Crippen molar-refractivity contribution in [2.24, 2.45) is 5.73 Å². The average Bonchev–Trinajstić information content (AvgIpc) is 2.98. The van der Waals surface area contributed by atoms with E-state index in [1.807, 2.05) is 12.1 Å². The molecule has 2 amide bonds. The number of amides is 2. The molecule has 0 atom stereocenters. The Balaban J connectivity index is 1.26. The van der Waals surface area contributed by atoms with E-state index in [4.69, 9.17) is 15.2 Å². The number of H-pyrrole nitrogens is 1. The summed E-state index contributed by atoms with van der Waals surface area (Å²) in [6.45, 7) is 4.46. The van der Waals surface area contributed by atoms with Crippen molar-refractivity contribution in [3.05, 3.63) is 75.5 Å². The first-order chi connectivity index (χ1) is 19.5. The first-order valence-electron chi connectivity index (χ1n) is 13.4. The maximum absolute atomic E-state index is 14.7. The number of fused-ring (bicyclic) bond motifs is 1. The van der Waals surface area contributed by atoms with Crippen LogP contribution in [0.1, 0.15) is 21.6 Å². The molecule has 40 heavy (non-hydrogen) atoms. The monoisotopic (exact) mass is 554 g/mol.